The first-order valence-corrected chi connectivity index (χ1v) is 7.95. The Bertz CT molecular complexity index is 419. The van der Waals surface area contributed by atoms with E-state index in [0.29, 0.717) is 12.6 Å². The number of hydrogen-bond acceptors (Lipinski definition) is 3. The highest BCUT2D eigenvalue weighted by Crippen LogP contribution is 2.27. The first-order chi connectivity index (χ1) is 9.19. The summed E-state index contributed by atoms with van der Waals surface area (Å²) in [7, 11) is 0. The molecule has 4 heteroatoms. The van der Waals surface area contributed by atoms with Gasteiger partial charge in [-0.15, -0.1) is 0 Å². The quantitative estimate of drug-likeness (QED) is 0.644. The maximum Gasteiger partial charge on any atom is 0.308 e. The zero-order valence-corrected chi connectivity index (χ0v) is 13.4. The lowest BCUT2D eigenvalue weighted by molar-refractivity contribution is -0.149. The van der Waals surface area contributed by atoms with Gasteiger partial charge < -0.3 is 10.1 Å². The van der Waals surface area contributed by atoms with Crippen LogP contribution in [0.25, 0.3) is 0 Å². The second-order valence-corrected chi connectivity index (χ2v) is 6.21. The van der Waals surface area contributed by atoms with Crippen LogP contribution in [-0.2, 0) is 9.53 Å². The Morgan fingerprint density at radius 2 is 2.11 bits per heavy atom. The predicted octanol–water partition coefficient (Wildman–Crippen LogP) is 3.83. The van der Waals surface area contributed by atoms with Gasteiger partial charge in [0.1, 0.15) is 0 Å². The van der Waals surface area contributed by atoms with Crippen LogP contribution in [0.3, 0.4) is 0 Å². The number of esters is 1. The highest BCUT2D eigenvalue weighted by molar-refractivity contribution is 14.1. The van der Waals surface area contributed by atoms with Gasteiger partial charge in [-0.2, -0.15) is 0 Å². The van der Waals surface area contributed by atoms with E-state index in [1.54, 1.807) is 0 Å². The minimum atomic E-state index is -0.0309. The molecular weight excluding hydrogens is 353 g/mol. The van der Waals surface area contributed by atoms with E-state index in [-0.39, 0.29) is 11.9 Å². The number of ether oxygens (including phenoxy) is 1. The molecule has 1 aliphatic rings. The fourth-order valence-corrected chi connectivity index (χ4v) is 2.94. The number of rotatable bonds is 4. The number of benzene rings is 1. The van der Waals surface area contributed by atoms with E-state index in [0.717, 1.165) is 31.4 Å². The molecule has 2 atom stereocenters. The third kappa shape index (κ3) is 4.37. The fourth-order valence-electron chi connectivity index (χ4n) is 2.58. The van der Waals surface area contributed by atoms with Gasteiger partial charge in [0.05, 0.1) is 12.5 Å². The summed E-state index contributed by atoms with van der Waals surface area (Å²) in [4.78, 5) is 11.8. The van der Waals surface area contributed by atoms with E-state index in [2.05, 4.69) is 52.2 Å². The van der Waals surface area contributed by atoms with Gasteiger partial charge >= 0.3 is 5.97 Å². The van der Waals surface area contributed by atoms with Crippen LogP contribution in [0.5, 0.6) is 0 Å². The fraction of sp³-hybridized carbons (Fsp3) is 0.533. The zero-order valence-electron chi connectivity index (χ0n) is 11.2. The molecule has 1 fully saturated rings. The van der Waals surface area contributed by atoms with E-state index in [1.807, 2.05) is 6.92 Å². The summed E-state index contributed by atoms with van der Waals surface area (Å²) in [5, 5.41) is 3.52. The average Bonchev–Trinajstić information content (AvgIpc) is 2.42. The lowest BCUT2D eigenvalue weighted by Crippen LogP contribution is -2.32. The molecule has 3 nitrogen and oxygen atoms in total. The molecule has 0 heterocycles. The van der Waals surface area contributed by atoms with Crippen molar-refractivity contribution in [3.05, 3.63) is 27.8 Å². The number of anilines is 1. The third-order valence-electron chi connectivity index (χ3n) is 3.51. The minimum Gasteiger partial charge on any atom is -0.466 e. The Kier molecular flexibility index (Phi) is 5.48. The number of hydrogen-bond donors (Lipinski definition) is 1. The standard InChI is InChI=1S/C15H20INO2/c1-2-19-15(18)11-4-3-5-14(10-11)17-13-8-6-12(16)7-9-13/h6-9,11,14,17H,2-5,10H2,1H3. The van der Waals surface area contributed by atoms with E-state index in [4.69, 9.17) is 4.74 Å². The molecule has 0 saturated heterocycles. The van der Waals surface area contributed by atoms with Gasteiger partial charge in [0.15, 0.2) is 0 Å². The molecule has 0 aromatic heterocycles. The summed E-state index contributed by atoms with van der Waals surface area (Å²) in [6, 6.07) is 8.75. The van der Waals surface area contributed by atoms with E-state index in [9.17, 15) is 4.79 Å². The first kappa shape index (κ1) is 14.6. The van der Waals surface area contributed by atoms with Gasteiger partial charge in [-0.25, -0.2) is 0 Å². The molecule has 0 radical (unpaired) electrons. The highest BCUT2D eigenvalue weighted by atomic mass is 127. The second kappa shape index (κ2) is 7.12. The summed E-state index contributed by atoms with van der Waals surface area (Å²) < 4.78 is 6.36. The van der Waals surface area contributed by atoms with Crippen LogP contribution >= 0.6 is 22.6 Å². The molecule has 0 aliphatic heterocycles. The normalized spacial score (nSPS) is 22.8. The van der Waals surface area contributed by atoms with Gasteiger partial charge in [0.2, 0.25) is 0 Å². The Balaban J connectivity index is 1.90. The van der Waals surface area contributed by atoms with Crippen LogP contribution in [0, 0.1) is 9.49 Å². The van der Waals surface area contributed by atoms with E-state index in [1.165, 1.54) is 3.57 Å². The third-order valence-corrected chi connectivity index (χ3v) is 4.23. The smallest absolute Gasteiger partial charge is 0.308 e. The summed E-state index contributed by atoms with van der Waals surface area (Å²) in [5.74, 6) is 0.0339. The van der Waals surface area contributed by atoms with Crippen molar-refractivity contribution in [1.82, 2.24) is 0 Å². The second-order valence-electron chi connectivity index (χ2n) is 4.96. The summed E-state index contributed by atoms with van der Waals surface area (Å²) in [6.07, 6.45) is 4.06. The maximum absolute atomic E-state index is 11.8. The molecule has 0 amide bonds. The maximum atomic E-state index is 11.8. The van der Waals surface area contributed by atoms with Crippen molar-refractivity contribution in [2.45, 2.75) is 38.6 Å². The van der Waals surface area contributed by atoms with Gasteiger partial charge in [0, 0.05) is 15.3 Å². The van der Waals surface area contributed by atoms with E-state index < -0.39 is 0 Å². The van der Waals surface area contributed by atoms with Crippen LogP contribution in [0.2, 0.25) is 0 Å². The van der Waals surface area contributed by atoms with Crippen molar-refractivity contribution in [3.63, 3.8) is 0 Å². The monoisotopic (exact) mass is 373 g/mol. The topological polar surface area (TPSA) is 38.3 Å². The van der Waals surface area contributed by atoms with Crippen LogP contribution in [0.4, 0.5) is 5.69 Å². The first-order valence-electron chi connectivity index (χ1n) is 6.87. The molecule has 1 N–H and O–H groups in total. The molecule has 0 bridgehead atoms. The lowest BCUT2D eigenvalue weighted by atomic mass is 9.85. The Morgan fingerprint density at radius 1 is 1.37 bits per heavy atom. The van der Waals surface area contributed by atoms with Crippen molar-refractivity contribution in [2.75, 3.05) is 11.9 Å². The number of carbonyl (C=O) groups is 1. The van der Waals surface area contributed by atoms with Crippen LogP contribution in [0.15, 0.2) is 24.3 Å². The van der Waals surface area contributed by atoms with Crippen LogP contribution in [-0.4, -0.2) is 18.6 Å². The number of nitrogens with one attached hydrogen (secondary N) is 1. The molecule has 1 aromatic rings. The molecule has 19 heavy (non-hydrogen) atoms. The largest absolute Gasteiger partial charge is 0.466 e. The Labute approximate surface area is 128 Å². The summed E-state index contributed by atoms with van der Waals surface area (Å²) in [5.41, 5.74) is 1.13. The molecule has 104 valence electrons. The highest BCUT2D eigenvalue weighted by Gasteiger charge is 2.28. The van der Waals surface area contributed by atoms with Crippen molar-refractivity contribution >= 4 is 34.2 Å². The van der Waals surface area contributed by atoms with Crippen molar-refractivity contribution in [3.8, 4) is 0 Å². The van der Waals surface area contributed by atoms with Crippen molar-refractivity contribution < 1.29 is 9.53 Å². The Hall–Kier alpha value is -0.780. The molecule has 1 aromatic carbocycles. The number of carbonyl (C=O) groups excluding carboxylic acids is 1. The molecule has 2 rings (SSSR count). The van der Waals surface area contributed by atoms with Crippen LogP contribution in [0.1, 0.15) is 32.6 Å². The van der Waals surface area contributed by atoms with Gasteiger partial charge in [-0.05, 0) is 73.0 Å². The molecule has 1 saturated carbocycles. The average molecular weight is 373 g/mol. The van der Waals surface area contributed by atoms with E-state index >= 15 is 0 Å². The SMILES string of the molecule is CCOC(=O)C1CCCC(Nc2ccc(I)cc2)C1. The lowest BCUT2D eigenvalue weighted by Gasteiger charge is -2.29. The zero-order chi connectivity index (χ0) is 13.7. The van der Waals surface area contributed by atoms with Gasteiger partial charge in [-0.3, -0.25) is 4.79 Å². The molecular formula is C15H20INO2. The number of halogens is 1. The van der Waals surface area contributed by atoms with Crippen molar-refractivity contribution in [1.29, 1.82) is 0 Å². The van der Waals surface area contributed by atoms with Crippen LogP contribution < -0.4 is 5.32 Å². The molecule has 1 aliphatic carbocycles. The predicted molar refractivity (Wildman–Crippen MR) is 85.2 cm³/mol. The summed E-state index contributed by atoms with van der Waals surface area (Å²) in [6.45, 7) is 2.34. The molecule has 0 spiro atoms. The van der Waals surface area contributed by atoms with Gasteiger partial charge in [0.25, 0.3) is 0 Å². The molecule has 2 unspecified atom stereocenters. The Morgan fingerprint density at radius 3 is 2.79 bits per heavy atom. The minimum absolute atomic E-state index is 0.0309. The summed E-state index contributed by atoms with van der Waals surface area (Å²) >= 11 is 2.30. The van der Waals surface area contributed by atoms with Crippen molar-refractivity contribution in [2.24, 2.45) is 5.92 Å². The van der Waals surface area contributed by atoms with Gasteiger partial charge in [-0.1, -0.05) is 6.42 Å².